The van der Waals surface area contributed by atoms with Gasteiger partial charge in [-0.2, -0.15) is 0 Å². The third-order valence-corrected chi connectivity index (χ3v) is 3.54. The van der Waals surface area contributed by atoms with Crippen LogP contribution in [0, 0.1) is 0 Å². The molecule has 0 saturated heterocycles. The van der Waals surface area contributed by atoms with Crippen molar-refractivity contribution in [3.8, 4) is 0 Å². The zero-order valence-electron chi connectivity index (χ0n) is 9.15. The van der Waals surface area contributed by atoms with Crippen molar-refractivity contribution in [3.05, 3.63) is 57.5 Å². The molecular weight excluding hydrogens is 334 g/mol. The number of amides is 1. The molecule has 2 rings (SSSR count). The normalized spacial score (nSPS) is 10.2. The van der Waals surface area contributed by atoms with E-state index in [4.69, 9.17) is 11.6 Å². The van der Waals surface area contributed by atoms with E-state index in [1.54, 1.807) is 30.3 Å². The van der Waals surface area contributed by atoms with Crippen LogP contribution >= 0.6 is 40.2 Å². The molecule has 0 heterocycles. The molecule has 0 radical (unpaired) electrons. The van der Waals surface area contributed by atoms with Crippen LogP contribution in [-0.4, -0.2) is 5.91 Å². The molecule has 2 aromatic carbocycles. The molecule has 0 spiro atoms. The van der Waals surface area contributed by atoms with Crippen molar-refractivity contribution in [2.75, 3.05) is 5.32 Å². The Labute approximate surface area is 124 Å². The summed E-state index contributed by atoms with van der Waals surface area (Å²) in [6.07, 6.45) is 0. The minimum absolute atomic E-state index is 0.236. The van der Waals surface area contributed by atoms with Crippen LogP contribution in [0.15, 0.2) is 51.8 Å². The van der Waals surface area contributed by atoms with E-state index in [1.165, 1.54) is 0 Å². The van der Waals surface area contributed by atoms with Crippen molar-refractivity contribution in [2.45, 2.75) is 4.90 Å². The van der Waals surface area contributed by atoms with Crippen molar-refractivity contribution in [2.24, 2.45) is 0 Å². The zero-order valence-corrected chi connectivity index (χ0v) is 12.4. The Morgan fingerprint density at radius 2 is 1.94 bits per heavy atom. The predicted octanol–water partition coefficient (Wildman–Crippen LogP) is 4.64. The maximum Gasteiger partial charge on any atom is 0.256 e. The Hall–Kier alpha value is -0.970. The molecular formula is C13H9BrClNOS. The summed E-state index contributed by atoms with van der Waals surface area (Å²) in [6, 6.07) is 12.4. The van der Waals surface area contributed by atoms with Gasteiger partial charge in [-0.3, -0.25) is 4.79 Å². The molecule has 0 unspecified atom stereocenters. The van der Waals surface area contributed by atoms with E-state index in [0.29, 0.717) is 21.2 Å². The third kappa shape index (κ3) is 3.07. The first-order valence-electron chi connectivity index (χ1n) is 5.12. The summed E-state index contributed by atoms with van der Waals surface area (Å²) in [4.78, 5) is 12.7. The summed E-state index contributed by atoms with van der Waals surface area (Å²) in [5.74, 6) is -0.236. The van der Waals surface area contributed by atoms with Crippen LogP contribution < -0.4 is 5.32 Å². The molecule has 0 atom stereocenters. The Morgan fingerprint density at radius 3 is 2.67 bits per heavy atom. The molecule has 0 aliphatic heterocycles. The lowest BCUT2D eigenvalue weighted by atomic mass is 10.2. The first-order valence-corrected chi connectivity index (χ1v) is 6.74. The lowest BCUT2D eigenvalue weighted by Gasteiger charge is -2.09. The molecule has 92 valence electrons. The summed E-state index contributed by atoms with van der Waals surface area (Å²) in [7, 11) is 0. The lowest BCUT2D eigenvalue weighted by Crippen LogP contribution is -2.12. The van der Waals surface area contributed by atoms with Gasteiger partial charge in [-0.15, -0.1) is 12.6 Å². The zero-order chi connectivity index (χ0) is 13.1. The fourth-order valence-electron chi connectivity index (χ4n) is 1.45. The number of hydrogen-bond acceptors (Lipinski definition) is 2. The number of anilines is 1. The second-order valence-electron chi connectivity index (χ2n) is 3.60. The first-order chi connectivity index (χ1) is 8.58. The molecule has 1 N–H and O–H groups in total. The molecule has 2 aromatic rings. The van der Waals surface area contributed by atoms with Crippen LogP contribution in [0.2, 0.25) is 5.02 Å². The van der Waals surface area contributed by atoms with Crippen molar-refractivity contribution >= 4 is 51.8 Å². The Kier molecular flexibility index (Phi) is 4.32. The fourth-order valence-corrected chi connectivity index (χ4v) is 2.24. The third-order valence-electron chi connectivity index (χ3n) is 2.33. The van der Waals surface area contributed by atoms with E-state index in [1.807, 2.05) is 12.1 Å². The summed E-state index contributed by atoms with van der Waals surface area (Å²) in [5.41, 5.74) is 1.07. The van der Waals surface area contributed by atoms with Crippen molar-refractivity contribution in [1.82, 2.24) is 0 Å². The van der Waals surface area contributed by atoms with Gasteiger partial charge in [0.25, 0.3) is 5.91 Å². The van der Waals surface area contributed by atoms with Crippen LogP contribution in [0.3, 0.4) is 0 Å². The number of benzene rings is 2. The summed E-state index contributed by atoms with van der Waals surface area (Å²) in [5, 5.41) is 3.25. The topological polar surface area (TPSA) is 29.1 Å². The van der Waals surface area contributed by atoms with Crippen molar-refractivity contribution in [1.29, 1.82) is 0 Å². The highest BCUT2D eigenvalue weighted by molar-refractivity contribution is 9.10. The van der Waals surface area contributed by atoms with Gasteiger partial charge < -0.3 is 5.32 Å². The smallest absolute Gasteiger partial charge is 0.256 e. The SMILES string of the molecule is O=C(Nc1cc(Br)ccc1Cl)c1ccccc1S. The molecule has 18 heavy (non-hydrogen) atoms. The number of rotatable bonds is 2. The molecule has 0 aliphatic carbocycles. The largest absolute Gasteiger partial charge is 0.321 e. The van der Waals surface area contributed by atoms with Gasteiger partial charge in [0.05, 0.1) is 16.3 Å². The Bertz CT molecular complexity index is 603. The van der Waals surface area contributed by atoms with E-state index < -0.39 is 0 Å². The molecule has 2 nitrogen and oxygen atoms in total. The van der Waals surface area contributed by atoms with Gasteiger partial charge in [-0.1, -0.05) is 39.7 Å². The number of carbonyl (C=O) groups is 1. The van der Waals surface area contributed by atoms with Gasteiger partial charge in [-0.25, -0.2) is 0 Å². The van der Waals surface area contributed by atoms with E-state index in [2.05, 4.69) is 33.9 Å². The van der Waals surface area contributed by atoms with Crippen LogP contribution in [0.25, 0.3) is 0 Å². The fraction of sp³-hybridized carbons (Fsp3) is 0. The first kappa shape index (κ1) is 13.5. The molecule has 1 amide bonds. The van der Waals surface area contributed by atoms with Crippen LogP contribution in [0.4, 0.5) is 5.69 Å². The Balaban J connectivity index is 2.27. The average Bonchev–Trinajstić information content (AvgIpc) is 2.34. The molecule has 5 heteroatoms. The summed E-state index contributed by atoms with van der Waals surface area (Å²) >= 11 is 13.6. The molecule has 0 fully saturated rings. The summed E-state index contributed by atoms with van der Waals surface area (Å²) < 4.78 is 0.848. The number of carbonyl (C=O) groups excluding carboxylic acids is 1. The maximum atomic E-state index is 12.1. The highest BCUT2D eigenvalue weighted by Gasteiger charge is 2.11. The Morgan fingerprint density at radius 1 is 1.22 bits per heavy atom. The van der Waals surface area contributed by atoms with E-state index >= 15 is 0 Å². The van der Waals surface area contributed by atoms with Gasteiger partial charge in [-0.05, 0) is 30.3 Å². The predicted molar refractivity (Wildman–Crippen MR) is 80.8 cm³/mol. The van der Waals surface area contributed by atoms with E-state index in [-0.39, 0.29) is 5.91 Å². The molecule has 0 saturated carbocycles. The number of hydrogen-bond donors (Lipinski definition) is 2. The van der Waals surface area contributed by atoms with Crippen molar-refractivity contribution < 1.29 is 4.79 Å². The monoisotopic (exact) mass is 341 g/mol. The van der Waals surface area contributed by atoms with Crippen LogP contribution in [0.1, 0.15) is 10.4 Å². The van der Waals surface area contributed by atoms with Gasteiger partial charge in [0, 0.05) is 9.37 Å². The highest BCUT2D eigenvalue weighted by atomic mass is 79.9. The average molecular weight is 343 g/mol. The quantitative estimate of drug-likeness (QED) is 0.765. The van der Waals surface area contributed by atoms with E-state index in [9.17, 15) is 4.79 Å². The van der Waals surface area contributed by atoms with Gasteiger partial charge in [0.2, 0.25) is 0 Å². The highest BCUT2D eigenvalue weighted by Crippen LogP contribution is 2.26. The van der Waals surface area contributed by atoms with Gasteiger partial charge in [0.1, 0.15) is 0 Å². The number of nitrogens with one attached hydrogen (secondary N) is 1. The second kappa shape index (κ2) is 5.78. The number of thiol groups is 1. The standard InChI is InChI=1S/C13H9BrClNOS/c14-8-5-6-10(15)11(7-8)16-13(17)9-3-1-2-4-12(9)18/h1-7,18H,(H,16,17). The van der Waals surface area contributed by atoms with E-state index in [0.717, 1.165) is 4.47 Å². The maximum absolute atomic E-state index is 12.1. The van der Waals surface area contributed by atoms with Gasteiger partial charge in [0.15, 0.2) is 0 Å². The van der Waals surface area contributed by atoms with Crippen molar-refractivity contribution in [3.63, 3.8) is 0 Å². The second-order valence-corrected chi connectivity index (χ2v) is 5.40. The van der Waals surface area contributed by atoms with Crippen LogP contribution in [-0.2, 0) is 0 Å². The summed E-state index contributed by atoms with van der Waals surface area (Å²) in [6.45, 7) is 0. The molecule has 0 aliphatic rings. The minimum Gasteiger partial charge on any atom is -0.321 e. The molecule has 0 aromatic heterocycles. The van der Waals surface area contributed by atoms with Crippen LogP contribution in [0.5, 0.6) is 0 Å². The van der Waals surface area contributed by atoms with Gasteiger partial charge >= 0.3 is 0 Å². The number of halogens is 2. The lowest BCUT2D eigenvalue weighted by molar-refractivity contribution is 0.102. The minimum atomic E-state index is -0.236. The molecule has 0 bridgehead atoms.